The van der Waals surface area contributed by atoms with Gasteiger partial charge in [0, 0.05) is 5.39 Å². The molecule has 0 aliphatic heterocycles. The third-order valence-electron chi connectivity index (χ3n) is 2.65. The Labute approximate surface area is 101 Å². The number of benzene rings is 1. The maximum absolute atomic E-state index is 12.0. The molecule has 0 bridgehead atoms. The number of nitrogens with one attached hydrogen (secondary N) is 3. The predicted octanol–water partition coefficient (Wildman–Crippen LogP) is 0.844. The van der Waals surface area contributed by atoms with Crippen molar-refractivity contribution >= 4 is 27.8 Å². The van der Waals surface area contributed by atoms with E-state index in [1.54, 1.807) is 12.3 Å². The van der Waals surface area contributed by atoms with Gasteiger partial charge in [0.25, 0.3) is 5.56 Å². The quantitative estimate of drug-likeness (QED) is 0.578. The molecule has 2 aromatic heterocycles. The Morgan fingerprint density at radius 2 is 2.33 bits per heavy atom. The molecule has 18 heavy (non-hydrogen) atoms. The number of hydrogen-bond donors (Lipinski definition) is 3. The van der Waals surface area contributed by atoms with Crippen LogP contribution >= 0.6 is 0 Å². The molecule has 0 aliphatic rings. The van der Waals surface area contributed by atoms with Gasteiger partial charge in [0.2, 0.25) is 5.95 Å². The van der Waals surface area contributed by atoms with Crippen LogP contribution in [0.4, 0.5) is 5.95 Å². The van der Waals surface area contributed by atoms with E-state index < -0.39 is 0 Å². The van der Waals surface area contributed by atoms with Crippen molar-refractivity contribution < 1.29 is 0 Å². The average Bonchev–Trinajstić information content (AvgIpc) is 2.84. The van der Waals surface area contributed by atoms with Gasteiger partial charge in [-0.05, 0) is 12.1 Å². The summed E-state index contributed by atoms with van der Waals surface area (Å²) in [6.45, 7) is 0.308. The van der Waals surface area contributed by atoms with Crippen LogP contribution in [-0.4, -0.2) is 26.7 Å². The van der Waals surface area contributed by atoms with E-state index in [2.05, 4.69) is 31.4 Å². The van der Waals surface area contributed by atoms with E-state index in [9.17, 15) is 4.79 Å². The van der Waals surface area contributed by atoms with E-state index >= 15 is 0 Å². The summed E-state index contributed by atoms with van der Waals surface area (Å²) in [5.74, 6) is 2.79. The molecule has 0 radical (unpaired) electrons. The topological polar surface area (TPSA) is 86.5 Å². The van der Waals surface area contributed by atoms with Gasteiger partial charge in [-0.1, -0.05) is 5.92 Å². The highest BCUT2D eigenvalue weighted by Gasteiger charge is 2.08. The molecule has 88 valence electrons. The zero-order chi connectivity index (χ0) is 12.5. The van der Waals surface area contributed by atoms with E-state index in [0.717, 1.165) is 10.9 Å². The normalized spacial score (nSPS) is 10.6. The van der Waals surface area contributed by atoms with Crippen LogP contribution in [0.1, 0.15) is 0 Å². The standard InChI is InChI=1S/C12H9N5O/c1-2-5-13-12-15-9-4-3-8-7(6-14-17-8)10(9)11(18)16-12/h1,3-4,6H,5H2,(H,14,17)(H2,13,15,16,18). The third kappa shape index (κ3) is 1.50. The number of H-pyrrole nitrogens is 2. The molecule has 0 atom stereocenters. The molecule has 3 rings (SSSR count). The molecule has 2 heterocycles. The lowest BCUT2D eigenvalue weighted by Crippen LogP contribution is -2.13. The van der Waals surface area contributed by atoms with Gasteiger partial charge in [-0.25, -0.2) is 4.98 Å². The molecule has 0 aliphatic carbocycles. The second kappa shape index (κ2) is 3.89. The number of aromatic nitrogens is 4. The van der Waals surface area contributed by atoms with Crippen molar-refractivity contribution in [3.63, 3.8) is 0 Å². The van der Waals surface area contributed by atoms with Crippen molar-refractivity contribution in [3.8, 4) is 12.3 Å². The first-order valence-electron chi connectivity index (χ1n) is 5.33. The van der Waals surface area contributed by atoms with Gasteiger partial charge >= 0.3 is 0 Å². The van der Waals surface area contributed by atoms with Gasteiger partial charge < -0.3 is 5.32 Å². The van der Waals surface area contributed by atoms with Gasteiger partial charge in [-0.15, -0.1) is 6.42 Å². The zero-order valence-electron chi connectivity index (χ0n) is 9.32. The second-order valence-electron chi connectivity index (χ2n) is 3.76. The number of fused-ring (bicyclic) bond motifs is 3. The third-order valence-corrected chi connectivity index (χ3v) is 2.65. The van der Waals surface area contributed by atoms with Crippen LogP contribution in [0.3, 0.4) is 0 Å². The van der Waals surface area contributed by atoms with Crippen molar-refractivity contribution in [2.45, 2.75) is 0 Å². The molecule has 0 unspecified atom stereocenters. The fourth-order valence-corrected chi connectivity index (χ4v) is 1.87. The number of rotatable bonds is 2. The van der Waals surface area contributed by atoms with E-state index in [1.165, 1.54) is 0 Å². The van der Waals surface area contributed by atoms with E-state index in [1.807, 2.05) is 6.07 Å². The first kappa shape index (κ1) is 10.4. The molecular formula is C12H9N5O. The summed E-state index contributed by atoms with van der Waals surface area (Å²) < 4.78 is 0. The van der Waals surface area contributed by atoms with Gasteiger partial charge in [0.1, 0.15) is 0 Å². The minimum Gasteiger partial charge on any atom is -0.345 e. The lowest BCUT2D eigenvalue weighted by atomic mass is 10.1. The van der Waals surface area contributed by atoms with Crippen molar-refractivity contribution in [2.75, 3.05) is 11.9 Å². The molecule has 0 spiro atoms. The lowest BCUT2D eigenvalue weighted by Gasteiger charge is -2.03. The second-order valence-corrected chi connectivity index (χ2v) is 3.76. The maximum Gasteiger partial charge on any atom is 0.260 e. The molecule has 0 fully saturated rings. The van der Waals surface area contributed by atoms with Crippen LogP contribution < -0.4 is 10.9 Å². The Balaban J connectivity index is 2.29. The molecule has 0 saturated carbocycles. The van der Waals surface area contributed by atoms with Crippen LogP contribution in [0.2, 0.25) is 0 Å². The fraction of sp³-hybridized carbons (Fsp3) is 0.0833. The Morgan fingerprint density at radius 3 is 3.17 bits per heavy atom. The summed E-state index contributed by atoms with van der Waals surface area (Å²) in [5.41, 5.74) is 1.19. The van der Waals surface area contributed by atoms with Gasteiger partial charge in [0.05, 0.1) is 29.2 Å². The molecule has 1 aromatic carbocycles. The number of aromatic amines is 2. The molecule has 3 N–H and O–H groups in total. The summed E-state index contributed by atoms with van der Waals surface area (Å²) in [6, 6.07) is 3.61. The van der Waals surface area contributed by atoms with E-state index in [4.69, 9.17) is 6.42 Å². The van der Waals surface area contributed by atoms with Crippen LogP contribution in [0.15, 0.2) is 23.1 Å². The molecule has 6 nitrogen and oxygen atoms in total. The van der Waals surface area contributed by atoms with E-state index in [0.29, 0.717) is 23.4 Å². The smallest absolute Gasteiger partial charge is 0.260 e. The van der Waals surface area contributed by atoms with E-state index in [-0.39, 0.29) is 5.56 Å². The fourth-order valence-electron chi connectivity index (χ4n) is 1.87. The highest BCUT2D eigenvalue weighted by atomic mass is 16.1. The molecule has 0 saturated heterocycles. The first-order valence-corrected chi connectivity index (χ1v) is 5.33. The molecule has 6 heteroatoms. The van der Waals surface area contributed by atoms with Gasteiger partial charge in [-0.2, -0.15) is 5.10 Å². The Morgan fingerprint density at radius 1 is 1.44 bits per heavy atom. The van der Waals surface area contributed by atoms with Crippen molar-refractivity contribution in [2.24, 2.45) is 0 Å². The highest BCUT2D eigenvalue weighted by Crippen LogP contribution is 2.19. The highest BCUT2D eigenvalue weighted by molar-refractivity contribution is 6.04. The van der Waals surface area contributed by atoms with Crippen LogP contribution in [0, 0.1) is 12.3 Å². The van der Waals surface area contributed by atoms with Gasteiger partial charge in [-0.3, -0.25) is 14.9 Å². The summed E-state index contributed by atoms with van der Waals surface area (Å²) in [6.07, 6.45) is 6.76. The summed E-state index contributed by atoms with van der Waals surface area (Å²) in [5, 5.41) is 10.9. The van der Waals surface area contributed by atoms with Crippen molar-refractivity contribution in [1.82, 2.24) is 20.2 Å². The predicted molar refractivity (Wildman–Crippen MR) is 69.3 cm³/mol. The number of nitrogens with zero attached hydrogens (tertiary/aromatic N) is 2. The Kier molecular flexibility index (Phi) is 2.24. The van der Waals surface area contributed by atoms with Crippen molar-refractivity contribution in [1.29, 1.82) is 0 Å². The van der Waals surface area contributed by atoms with Crippen LogP contribution in [0.5, 0.6) is 0 Å². The first-order chi connectivity index (χ1) is 8.79. The number of terminal acetylenes is 1. The number of hydrogen-bond acceptors (Lipinski definition) is 4. The monoisotopic (exact) mass is 239 g/mol. The minimum absolute atomic E-state index is 0.216. The van der Waals surface area contributed by atoms with Gasteiger partial charge in [0.15, 0.2) is 0 Å². The SMILES string of the molecule is C#CCNc1nc2ccc3[nH]ncc3c2c(=O)[nH]1. The minimum atomic E-state index is -0.216. The van der Waals surface area contributed by atoms with Crippen molar-refractivity contribution in [3.05, 3.63) is 28.7 Å². The Bertz CT molecular complexity index is 824. The van der Waals surface area contributed by atoms with Crippen LogP contribution in [-0.2, 0) is 0 Å². The summed E-state index contributed by atoms with van der Waals surface area (Å²) in [7, 11) is 0. The molecular weight excluding hydrogens is 230 g/mol. The summed E-state index contributed by atoms with van der Waals surface area (Å²) in [4.78, 5) is 19.0. The summed E-state index contributed by atoms with van der Waals surface area (Å²) >= 11 is 0. The molecule has 0 amide bonds. The largest absolute Gasteiger partial charge is 0.345 e. The lowest BCUT2D eigenvalue weighted by molar-refractivity contribution is 1.12. The Hall–Kier alpha value is -2.81. The number of anilines is 1. The molecule has 3 aromatic rings. The average molecular weight is 239 g/mol. The maximum atomic E-state index is 12.0. The zero-order valence-corrected chi connectivity index (χ0v) is 9.32. The van der Waals surface area contributed by atoms with Crippen LogP contribution in [0.25, 0.3) is 21.8 Å².